The number of carbonyl (C=O) groups is 1. The molecule has 0 aliphatic carbocycles. The molecule has 34 heavy (non-hydrogen) atoms. The van der Waals surface area contributed by atoms with Gasteiger partial charge in [0.05, 0.1) is 26.5 Å². The zero-order valence-electron chi connectivity index (χ0n) is 17.1. The maximum absolute atomic E-state index is 14.0. The highest BCUT2D eigenvalue weighted by Crippen LogP contribution is 2.47. The van der Waals surface area contributed by atoms with Crippen molar-refractivity contribution in [2.45, 2.75) is 26.4 Å². The highest BCUT2D eigenvalue weighted by atomic mass is 32.1. The van der Waals surface area contributed by atoms with Crippen molar-refractivity contribution in [1.29, 1.82) is 0 Å². The SMILES string of the molecule is Cc1nc2nc(C(F)(F)F)c3c(C(N)=O)c(N)n(-c4c(OC(F)(F)F)ccc(O)c4C)c3c2s1. The second-order valence-corrected chi connectivity index (χ2v) is 8.33. The summed E-state index contributed by atoms with van der Waals surface area (Å²) < 4.78 is 86.2. The lowest BCUT2D eigenvalue weighted by molar-refractivity contribution is -0.274. The van der Waals surface area contributed by atoms with E-state index in [1.165, 1.54) is 13.8 Å². The molecule has 0 aliphatic heterocycles. The number of primary amides is 1. The molecule has 0 spiro atoms. The zero-order chi connectivity index (χ0) is 25.3. The Balaban J connectivity index is 2.32. The molecule has 0 saturated heterocycles. The van der Waals surface area contributed by atoms with Crippen LogP contribution >= 0.6 is 11.3 Å². The summed E-state index contributed by atoms with van der Waals surface area (Å²) in [5.74, 6) is -3.46. The number of aromatic hydroxyl groups is 1. The number of benzene rings is 1. The predicted octanol–water partition coefficient (Wildman–Crippen LogP) is 4.56. The number of amides is 1. The van der Waals surface area contributed by atoms with Crippen LogP contribution < -0.4 is 16.2 Å². The van der Waals surface area contributed by atoms with Gasteiger partial charge in [-0.3, -0.25) is 9.36 Å². The number of thiazole rings is 1. The molecule has 0 atom stereocenters. The van der Waals surface area contributed by atoms with E-state index in [0.717, 1.165) is 28.0 Å². The van der Waals surface area contributed by atoms with Crippen molar-refractivity contribution in [3.05, 3.63) is 34.0 Å². The number of hydrogen-bond donors (Lipinski definition) is 3. The number of rotatable bonds is 3. The monoisotopic (exact) mass is 505 g/mol. The van der Waals surface area contributed by atoms with Gasteiger partial charge >= 0.3 is 12.5 Å². The van der Waals surface area contributed by atoms with Crippen LogP contribution in [0.25, 0.3) is 26.9 Å². The highest BCUT2D eigenvalue weighted by Gasteiger charge is 2.41. The van der Waals surface area contributed by atoms with Crippen LogP contribution in [-0.2, 0) is 6.18 Å². The van der Waals surface area contributed by atoms with Gasteiger partial charge in [-0.05, 0) is 26.0 Å². The average Bonchev–Trinajstić information content (AvgIpc) is 3.19. The topological polar surface area (TPSA) is 129 Å². The normalized spacial score (nSPS) is 12.6. The third kappa shape index (κ3) is 3.61. The lowest BCUT2D eigenvalue weighted by Gasteiger charge is -2.19. The van der Waals surface area contributed by atoms with Gasteiger partial charge in [-0.15, -0.1) is 24.5 Å². The maximum Gasteiger partial charge on any atom is 0.573 e. The molecule has 4 rings (SSSR count). The Labute approximate surface area is 189 Å². The molecule has 0 bridgehead atoms. The van der Waals surface area contributed by atoms with Crippen LogP contribution in [0.1, 0.15) is 26.6 Å². The largest absolute Gasteiger partial charge is 0.573 e. The van der Waals surface area contributed by atoms with Crippen LogP contribution in [0.4, 0.5) is 32.2 Å². The average molecular weight is 505 g/mol. The minimum atomic E-state index is -5.20. The fourth-order valence-electron chi connectivity index (χ4n) is 3.68. The molecule has 0 aliphatic rings. The Kier molecular flexibility index (Phi) is 5.08. The van der Waals surface area contributed by atoms with E-state index >= 15 is 0 Å². The number of aromatic nitrogens is 3. The summed E-state index contributed by atoms with van der Waals surface area (Å²) in [4.78, 5) is 19.7. The quantitative estimate of drug-likeness (QED) is 0.350. The first kappa shape index (κ1) is 23.4. The van der Waals surface area contributed by atoms with Gasteiger partial charge in [0.1, 0.15) is 11.6 Å². The minimum Gasteiger partial charge on any atom is -0.508 e. The van der Waals surface area contributed by atoms with E-state index in [1.807, 2.05) is 0 Å². The van der Waals surface area contributed by atoms with Gasteiger partial charge in [0.2, 0.25) is 0 Å². The first-order valence-corrected chi connectivity index (χ1v) is 10.00. The maximum atomic E-state index is 14.0. The Bertz CT molecular complexity index is 1490. The van der Waals surface area contributed by atoms with Crippen molar-refractivity contribution in [1.82, 2.24) is 14.5 Å². The van der Waals surface area contributed by atoms with Crippen LogP contribution in [0.5, 0.6) is 11.5 Å². The van der Waals surface area contributed by atoms with Crippen LogP contribution in [0.3, 0.4) is 0 Å². The number of phenolic OH excluding ortho intramolecular Hbond substituents is 1. The van der Waals surface area contributed by atoms with Crippen molar-refractivity contribution in [2.75, 3.05) is 5.73 Å². The third-order valence-electron chi connectivity index (χ3n) is 4.92. The number of carbonyl (C=O) groups excluding carboxylic acids is 1. The standard InChI is InChI=1S/C19H13F6N5O3S/c1-5-7(31)3-4-8(33-19(23,24)25)11(5)30-12-9(10(15(30)26)16(27)32)14(18(20,21)22)29-17-13(12)34-6(2)28-17/h3-4,31H,26H2,1-2H3,(H2,27,32). The number of ether oxygens (including phenoxy) is 1. The minimum absolute atomic E-state index is 0.000372. The van der Waals surface area contributed by atoms with Crippen LogP contribution in [0, 0.1) is 13.8 Å². The number of hydrogen-bond acceptors (Lipinski definition) is 7. The Morgan fingerprint density at radius 2 is 1.79 bits per heavy atom. The summed E-state index contributed by atoms with van der Waals surface area (Å²) in [7, 11) is 0. The molecule has 15 heteroatoms. The summed E-state index contributed by atoms with van der Waals surface area (Å²) in [5, 5.41) is 9.66. The van der Waals surface area contributed by atoms with Crippen molar-refractivity contribution < 1.29 is 41.0 Å². The number of nitrogen functional groups attached to an aromatic ring is 1. The summed E-state index contributed by atoms with van der Waals surface area (Å²) >= 11 is 0.878. The predicted molar refractivity (Wildman–Crippen MR) is 110 cm³/mol. The lowest BCUT2D eigenvalue weighted by Crippen LogP contribution is -2.19. The molecule has 1 amide bonds. The molecule has 8 nitrogen and oxygen atoms in total. The van der Waals surface area contributed by atoms with Gasteiger partial charge in [0, 0.05) is 10.9 Å². The Morgan fingerprint density at radius 3 is 2.35 bits per heavy atom. The van der Waals surface area contributed by atoms with Gasteiger partial charge in [-0.2, -0.15) is 13.2 Å². The number of phenols is 1. The first-order chi connectivity index (χ1) is 15.6. The number of anilines is 1. The molecule has 1 aromatic carbocycles. The molecule has 4 aromatic rings. The lowest BCUT2D eigenvalue weighted by atomic mass is 10.1. The molecule has 0 saturated carbocycles. The summed E-state index contributed by atoms with van der Waals surface area (Å²) in [5.41, 5.74) is 7.50. The van der Waals surface area contributed by atoms with E-state index in [-0.39, 0.29) is 20.9 Å². The van der Waals surface area contributed by atoms with E-state index in [2.05, 4.69) is 14.7 Å². The molecule has 3 heterocycles. The van der Waals surface area contributed by atoms with Gasteiger partial charge < -0.3 is 21.3 Å². The fourth-order valence-corrected chi connectivity index (χ4v) is 4.58. The molecule has 0 fully saturated rings. The van der Waals surface area contributed by atoms with E-state index in [0.29, 0.717) is 0 Å². The van der Waals surface area contributed by atoms with Crippen molar-refractivity contribution in [3.8, 4) is 17.2 Å². The first-order valence-electron chi connectivity index (χ1n) is 9.18. The number of aryl methyl sites for hydroxylation is 1. The second-order valence-electron chi connectivity index (χ2n) is 7.13. The Hall–Kier alpha value is -3.75. The van der Waals surface area contributed by atoms with Gasteiger partial charge in [0.25, 0.3) is 5.91 Å². The van der Waals surface area contributed by atoms with E-state index < -0.39 is 63.6 Å². The second kappa shape index (κ2) is 7.38. The number of nitrogens with zero attached hydrogens (tertiary/aromatic N) is 3. The third-order valence-corrected chi connectivity index (χ3v) is 5.89. The summed E-state index contributed by atoms with van der Waals surface area (Å²) in [6.07, 6.45) is -10.3. The van der Waals surface area contributed by atoms with Crippen molar-refractivity contribution in [2.24, 2.45) is 5.73 Å². The number of alkyl halides is 6. The van der Waals surface area contributed by atoms with Crippen molar-refractivity contribution >= 4 is 44.3 Å². The van der Waals surface area contributed by atoms with Crippen LogP contribution in [0.2, 0.25) is 0 Å². The van der Waals surface area contributed by atoms with E-state index in [1.54, 1.807) is 0 Å². The number of pyridine rings is 1. The van der Waals surface area contributed by atoms with Gasteiger partial charge in [0.15, 0.2) is 17.1 Å². The number of halogens is 6. The van der Waals surface area contributed by atoms with Gasteiger partial charge in [-0.1, -0.05) is 0 Å². The molecule has 0 unspecified atom stereocenters. The van der Waals surface area contributed by atoms with E-state index in [4.69, 9.17) is 11.5 Å². The molecular formula is C19H13F6N5O3S. The molecular weight excluding hydrogens is 492 g/mol. The highest BCUT2D eigenvalue weighted by molar-refractivity contribution is 7.19. The van der Waals surface area contributed by atoms with E-state index in [9.17, 15) is 36.2 Å². The van der Waals surface area contributed by atoms with Crippen molar-refractivity contribution in [3.63, 3.8) is 0 Å². The smallest absolute Gasteiger partial charge is 0.508 e. The number of fused-ring (bicyclic) bond motifs is 3. The summed E-state index contributed by atoms with van der Waals surface area (Å²) in [6.45, 7) is 2.68. The van der Waals surface area contributed by atoms with Crippen LogP contribution in [0.15, 0.2) is 12.1 Å². The molecule has 180 valence electrons. The molecule has 5 N–H and O–H groups in total. The van der Waals surface area contributed by atoms with Crippen LogP contribution in [-0.4, -0.2) is 31.9 Å². The Morgan fingerprint density at radius 1 is 1.15 bits per heavy atom. The molecule has 3 aromatic heterocycles. The zero-order valence-corrected chi connectivity index (χ0v) is 17.9. The molecule has 0 radical (unpaired) electrons. The fraction of sp³-hybridized carbons (Fsp3) is 0.211. The summed E-state index contributed by atoms with van der Waals surface area (Å²) in [6, 6.07) is 1.67. The van der Waals surface area contributed by atoms with Gasteiger partial charge in [-0.25, -0.2) is 9.97 Å². The number of nitrogens with two attached hydrogens (primary N) is 2.